The van der Waals surface area contributed by atoms with Crippen LogP contribution in [0.5, 0.6) is 0 Å². The molecule has 1 aliphatic carbocycles. The van der Waals surface area contributed by atoms with E-state index in [0.29, 0.717) is 0 Å². The molecule has 0 aromatic rings. The van der Waals surface area contributed by atoms with Crippen LogP contribution < -0.4 is 0 Å². The molecule has 1 rings (SSSR count). The first-order valence-electron chi connectivity index (χ1n) is 5.05. The number of aliphatic hydroxyl groups is 1. The van der Waals surface area contributed by atoms with Crippen LogP contribution in [0.25, 0.3) is 0 Å². The van der Waals surface area contributed by atoms with Crippen LogP contribution in [0.1, 0.15) is 46.0 Å². The van der Waals surface area contributed by atoms with Gasteiger partial charge in [-0.05, 0) is 25.7 Å². The van der Waals surface area contributed by atoms with E-state index in [9.17, 15) is 5.11 Å². The molecule has 1 nitrogen and oxygen atoms in total. The Labute approximate surface area is 75.5 Å². The van der Waals surface area contributed by atoms with Crippen molar-refractivity contribution in [3.05, 3.63) is 12.2 Å². The molecule has 0 saturated heterocycles. The van der Waals surface area contributed by atoms with Crippen LogP contribution in [0, 0.1) is 5.41 Å². The van der Waals surface area contributed by atoms with Crippen molar-refractivity contribution >= 4 is 0 Å². The molecule has 1 N–H and O–H groups in total. The van der Waals surface area contributed by atoms with Crippen molar-refractivity contribution < 1.29 is 5.11 Å². The van der Waals surface area contributed by atoms with Gasteiger partial charge in [-0.25, -0.2) is 0 Å². The third kappa shape index (κ3) is 2.10. The van der Waals surface area contributed by atoms with Crippen LogP contribution in [0.2, 0.25) is 0 Å². The zero-order valence-electron chi connectivity index (χ0n) is 8.21. The maximum absolute atomic E-state index is 9.88. The van der Waals surface area contributed by atoms with E-state index in [2.05, 4.69) is 26.0 Å². The Bertz CT molecular complexity index is 162. The van der Waals surface area contributed by atoms with Gasteiger partial charge in [0, 0.05) is 5.41 Å². The van der Waals surface area contributed by atoms with Crippen LogP contribution in [-0.4, -0.2) is 11.2 Å². The summed E-state index contributed by atoms with van der Waals surface area (Å²) in [6.45, 7) is 4.29. The highest BCUT2D eigenvalue weighted by atomic mass is 16.3. The Hall–Kier alpha value is -0.300. The summed E-state index contributed by atoms with van der Waals surface area (Å²) >= 11 is 0. The van der Waals surface area contributed by atoms with Gasteiger partial charge in [-0.3, -0.25) is 0 Å². The Balaban J connectivity index is 2.56. The Morgan fingerprint density at radius 2 is 2.33 bits per heavy atom. The standard InChI is InChI=1S/C11H20O/c1-3-7-10(12)11(2)8-5-4-6-9-11/h5,8,10,12H,3-4,6-7,9H2,1-2H3. The van der Waals surface area contributed by atoms with Gasteiger partial charge < -0.3 is 5.11 Å². The first-order chi connectivity index (χ1) is 5.69. The minimum atomic E-state index is -0.140. The highest BCUT2D eigenvalue weighted by molar-refractivity contribution is 5.04. The molecule has 0 aliphatic heterocycles. The summed E-state index contributed by atoms with van der Waals surface area (Å²) < 4.78 is 0. The van der Waals surface area contributed by atoms with E-state index in [1.54, 1.807) is 0 Å². The average Bonchev–Trinajstić information content (AvgIpc) is 2.06. The predicted molar refractivity (Wildman–Crippen MR) is 52.0 cm³/mol. The van der Waals surface area contributed by atoms with Gasteiger partial charge >= 0.3 is 0 Å². The van der Waals surface area contributed by atoms with Crippen molar-refractivity contribution in [2.75, 3.05) is 0 Å². The summed E-state index contributed by atoms with van der Waals surface area (Å²) in [6.07, 6.45) is 9.84. The topological polar surface area (TPSA) is 20.2 Å². The maximum Gasteiger partial charge on any atom is 0.0628 e. The lowest BCUT2D eigenvalue weighted by Crippen LogP contribution is -2.31. The fraction of sp³-hybridized carbons (Fsp3) is 0.818. The monoisotopic (exact) mass is 168 g/mol. The Morgan fingerprint density at radius 3 is 2.83 bits per heavy atom. The van der Waals surface area contributed by atoms with Crippen molar-refractivity contribution in [1.29, 1.82) is 0 Å². The molecule has 12 heavy (non-hydrogen) atoms. The van der Waals surface area contributed by atoms with Crippen molar-refractivity contribution in [2.45, 2.75) is 52.1 Å². The first-order valence-corrected chi connectivity index (χ1v) is 5.05. The smallest absolute Gasteiger partial charge is 0.0628 e. The molecule has 0 aromatic carbocycles. The normalized spacial score (nSPS) is 31.9. The van der Waals surface area contributed by atoms with Gasteiger partial charge in [0.05, 0.1) is 6.10 Å². The molecule has 2 atom stereocenters. The van der Waals surface area contributed by atoms with Gasteiger partial charge in [0.1, 0.15) is 0 Å². The summed E-state index contributed by atoms with van der Waals surface area (Å²) in [6, 6.07) is 0. The van der Waals surface area contributed by atoms with Gasteiger partial charge in [0.25, 0.3) is 0 Å². The lowest BCUT2D eigenvalue weighted by atomic mass is 9.75. The highest BCUT2D eigenvalue weighted by Gasteiger charge is 2.30. The molecule has 0 radical (unpaired) electrons. The van der Waals surface area contributed by atoms with Gasteiger partial charge in [-0.15, -0.1) is 0 Å². The fourth-order valence-electron chi connectivity index (χ4n) is 1.92. The maximum atomic E-state index is 9.88. The SMILES string of the molecule is CCCC(O)C1(C)C=CCCC1. The van der Waals surface area contributed by atoms with E-state index in [0.717, 1.165) is 19.3 Å². The fourth-order valence-corrected chi connectivity index (χ4v) is 1.92. The second-order valence-electron chi connectivity index (χ2n) is 4.10. The largest absolute Gasteiger partial charge is 0.392 e. The minimum Gasteiger partial charge on any atom is -0.392 e. The molecule has 0 aromatic heterocycles. The molecule has 70 valence electrons. The van der Waals surface area contributed by atoms with Crippen molar-refractivity contribution in [3.63, 3.8) is 0 Å². The molecule has 1 aliphatic rings. The van der Waals surface area contributed by atoms with Gasteiger partial charge in [0.2, 0.25) is 0 Å². The second-order valence-corrected chi connectivity index (χ2v) is 4.10. The molecule has 0 amide bonds. The Morgan fingerprint density at radius 1 is 1.58 bits per heavy atom. The van der Waals surface area contributed by atoms with E-state index in [1.165, 1.54) is 12.8 Å². The average molecular weight is 168 g/mol. The molecule has 2 unspecified atom stereocenters. The first kappa shape index (κ1) is 9.79. The Kier molecular flexibility index (Phi) is 3.33. The van der Waals surface area contributed by atoms with Crippen molar-refractivity contribution in [1.82, 2.24) is 0 Å². The summed E-state index contributed by atoms with van der Waals surface area (Å²) in [4.78, 5) is 0. The van der Waals surface area contributed by atoms with E-state index in [1.807, 2.05) is 0 Å². The number of hydrogen-bond donors (Lipinski definition) is 1. The molecule has 1 heteroatoms. The molecule has 0 spiro atoms. The third-order valence-corrected chi connectivity index (χ3v) is 2.91. The lowest BCUT2D eigenvalue weighted by molar-refractivity contribution is 0.0523. The van der Waals surface area contributed by atoms with Crippen LogP contribution >= 0.6 is 0 Å². The summed E-state index contributed by atoms with van der Waals surface area (Å²) in [5.74, 6) is 0. The van der Waals surface area contributed by atoms with E-state index in [-0.39, 0.29) is 11.5 Å². The molecule has 0 saturated carbocycles. The predicted octanol–water partition coefficient (Wildman–Crippen LogP) is 2.89. The minimum absolute atomic E-state index is 0.0638. The van der Waals surface area contributed by atoms with Crippen molar-refractivity contribution in [2.24, 2.45) is 5.41 Å². The quantitative estimate of drug-likeness (QED) is 0.642. The zero-order chi connectivity index (χ0) is 9.03. The number of rotatable bonds is 3. The summed E-state index contributed by atoms with van der Waals surface area (Å²) in [7, 11) is 0. The molecule has 0 fully saturated rings. The van der Waals surface area contributed by atoms with Gasteiger partial charge in [0.15, 0.2) is 0 Å². The van der Waals surface area contributed by atoms with Gasteiger partial charge in [-0.1, -0.05) is 32.4 Å². The van der Waals surface area contributed by atoms with Gasteiger partial charge in [-0.2, -0.15) is 0 Å². The molecular formula is C11H20O. The second kappa shape index (κ2) is 4.08. The molecular weight excluding hydrogens is 148 g/mol. The number of hydrogen-bond acceptors (Lipinski definition) is 1. The third-order valence-electron chi connectivity index (χ3n) is 2.91. The summed E-state index contributed by atoms with van der Waals surface area (Å²) in [5.41, 5.74) is 0.0638. The highest BCUT2D eigenvalue weighted by Crippen LogP contribution is 2.35. The molecule has 0 bridgehead atoms. The number of allylic oxidation sites excluding steroid dienone is 1. The van der Waals surface area contributed by atoms with E-state index >= 15 is 0 Å². The lowest BCUT2D eigenvalue weighted by Gasteiger charge is -2.33. The van der Waals surface area contributed by atoms with Crippen LogP contribution in [0.4, 0.5) is 0 Å². The zero-order valence-corrected chi connectivity index (χ0v) is 8.21. The van der Waals surface area contributed by atoms with E-state index < -0.39 is 0 Å². The number of aliphatic hydroxyl groups excluding tert-OH is 1. The molecule has 0 heterocycles. The van der Waals surface area contributed by atoms with Crippen LogP contribution in [-0.2, 0) is 0 Å². The summed E-state index contributed by atoms with van der Waals surface area (Å²) in [5, 5.41) is 9.88. The van der Waals surface area contributed by atoms with Crippen LogP contribution in [0.3, 0.4) is 0 Å². The van der Waals surface area contributed by atoms with Crippen molar-refractivity contribution in [3.8, 4) is 0 Å². The van der Waals surface area contributed by atoms with Crippen LogP contribution in [0.15, 0.2) is 12.2 Å². The van der Waals surface area contributed by atoms with E-state index in [4.69, 9.17) is 0 Å².